The zero-order chi connectivity index (χ0) is 24.9. The van der Waals surface area contributed by atoms with Crippen molar-refractivity contribution in [2.45, 2.75) is 31.2 Å². The third-order valence-electron chi connectivity index (χ3n) is 8.09. The van der Waals surface area contributed by atoms with Gasteiger partial charge in [0, 0.05) is 17.5 Å². The highest BCUT2D eigenvalue weighted by Gasteiger charge is 2.73. The predicted octanol–water partition coefficient (Wildman–Crippen LogP) is 5.98. The number of nitrogens with zero attached hydrogens (tertiary/aromatic N) is 3. The molecule has 1 fully saturated rings. The minimum Gasteiger partial charge on any atom is -0.274 e. The third kappa shape index (κ3) is 2.50. The van der Waals surface area contributed by atoms with E-state index < -0.39 is 11.5 Å². The van der Waals surface area contributed by atoms with Crippen LogP contribution in [0, 0.1) is 19.8 Å². The summed E-state index contributed by atoms with van der Waals surface area (Å²) in [5.74, 6) is -1.85. The van der Waals surface area contributed by atoms with Crippen LogP contribution < -0.4 is 4.90 Å². The summed E-state index contributed by atoms with van der Waals surface area (Å²) in [7, 11) is 0. The van der Waals surface area contributed by atoms with E-state index >= 15 is 0 Å². The van der Waals surface area contributed by atoms with Crippen molar-refractivity contribution < 1.29 is 9.59 Å². The van der Waals surface area contributed by atoms with Gasteiger partial charge in [-0.15, -0.1) is 0 Å². The van der Waals surface area contributed by atoms with E-state index in [9.17, 15) is 9.59 Å². The summed E-state index contributed by atoms with van der Waals surface area (Å²) in [6.07, 6.45) is 0. The van der Waals surface area contributed by atoms with Crippen molar-refractivity contribution in [2.75, 3.05) is 4.90 Å². The second-order valence-corrected chi connectivity index (χ2v) is 10.7. The van der Waals surface area contributed by atoms with Crippen molar-refractivity contribution in [1.82, 2.24) is 9.78 Å². The first kappa shape index (κ1) is 21.8. The van der Waals surface area contributed by atoms with Crippen LogP contribution in [0.25, 0.3) is 0 Å². The van der Waals surface area contributed by atoms with Gasteiger partial charge in [0.05, 0.1) is 27.3 Å². The number of aryl methyl sites for hydroxylation is 2. The summed E-state index contributed by atoms with van der Waals surface area (Å²) >= 11 is 12.5. The van der Waals surface area contributed by atoms with Crippen molar-refractivity contribution in [3.05, 3.63) is 116 Å². The van der Waals surface area contributed by atoms with Crippen LogP contribution in [0.5, 0.6) is 0 Å². The van der Waals surface area contributed by atoms with Crippen LogP contribution in [0.1, 0.15) is 45.5 Å². The minimum absolute atomic E-state index is 0.245. The lowest BCUT2D eigenvalue weighted by Gasteiger charge is -2.53. The molecule has 3 aromatic carbocycles. The van der Waals surface area contributed by atoms with E-state index in [1.807, 2.05) is 48.9 Å². The van der Waals surface area contributed by atoms with Crippen LogP contribution >= 0.6 is 23.2 Å². The second kappa shape index (κ2) is 7.31. The summed E-state index contributed by atoms with van der Waals surface area (Å²) in [5.41, 5.74) is 5.16. The number of carbonyl (C=O) groups excluding carboxylic acids is 2. The molecule has 4 aliphatic rings. The monoisotopic (exact) mass is 513 g/mol. The first-order valence-corrected chi connectivity index (χ1v) is 12.7. The summed E-state index contributed by atoms with van der Waals surface area (Å²) in [5, 5.41) is 5.50. The van der Waals surface area contributed by atoms with E-state index in [0.717, 1.165) is 33.6 Å². The van der Waals surface area contributed by atoms with Crippen molar-refractivity contribution in [1.29, 1.82) is 0 Å². The Morgan fingerprint density at radius 2 is 1.42 bits per heavy atom. The Morgan fingerprint density at radius 1 is 0.806 bits per heavy atom. The topological polar surface area (TPSA) is 55.2 Å². The number of benzene rings is 3. The summed E-state index contributed by atoms with van der Waals surface area (Å²) in [6.45, 7) is 3.86. The lowest BCUT2D eigenvalue weighted by atomic mass is 9.51. The molecule has 0 saturated carbocycles. The summed E-state index contributed by atoms with van der Waals surface area (Å²) < 4.78 is 1.83. The Hall–Kier alpha value is -3.41. The molecule has 7 heteroatoms. The number of halogens is 2. The third-order valence-corrected chi connectivity index (χ3v) is 8.82. The van der Waals surface area contributed by atoms with Crippen LogP contribution in [0.4, 0.5) is 5.69 Å². The SMILES string of the molecule is Cc1cc(C)n(C23C(=O)N(c4ccc(Cl)c(Cl)c4)C(=O)C2C2c4ccccc4C3c3ccccc32)n1. The number of hydrogen-bond acceptors (Lipinski definition) is 3. The molecule has 8 rings (SSSR count). The fourth-order valence-electron chi connectivity index (χ4n) is 6.94. The van der Waals surface area contributed by atoms with Crippen LogP contribution in [-0.2, 0) is 15.1 Å². The van der Waals surface area contributed by atoms with Gasteiger partial charge < -0.3 is 0 Å². The fraction of sp³-hybridized carbons (Fsp3) is 0.207. The molecule has 0 radical (unpaired) electrons. The normalized spacial score (nSPS) is 25.7. The lowest BCUT2D eigenvalue weighted by molar-refractivity contribution is -0.129. The number of hydrogen-bond donors (Lipinski definition) is 0. The summed E-state index contributed by atoms with van der Waals surface area (Å²) in [4.78, 5) is 30.6. The molecule has 178 valence electrons. The Labute approximate surface area is 218 Å². The van der Waals surface area contributed by atoms with Crippen LogP contribution in [-0.4, -0.2) is 21.6 Å². The van der Waals surface area contributed by atoms with E-state index in [4.69, 9.17) is 28.3 Å². The smallest absolute Gasteiger partial charge is 0.263 e. The van der Waals surface area contributed by atoms with Gasteiger partial charge in [0.2, 0.25) is 5.91 Å². The molecule has 2 heterocycles. The van der Waals surface area contributed by atoms with Crippen molar-refractivity contribution >= 4 is 40.7 Å². The molecule has 1 aliphatic heterocycles. The molecule has 5 nitrogen and oxygen atoms in total. The Morgan fingerprint density at radius 3 is 1.97 bits per heavy atom. The van der Waals surface area contributed by atoms with Gasteiger partial charge in [0.1, 0.15) is 0 Å². The number of aromatic nitrogens is 2. The van der Waals surface area contributed by atoms with Crippen molar-refractivity contribution in [2.24, 2.45) is 5.92 Å². The van der Waals surface area contributed by atoms with Crippen molar-refractivity contribution in [3.8, 4) is 0 Å². The van der Waals surface area contributed by atoms with E-state index in [-0.39, 0.29) is 23.7 Å². The van der Waals surface area contributed by atoms with Gasteiger partial charge in [0.15, 0.2) is 5.54 Å². The van der Waals surface area contributed by atoms with Crippen LogP contribution in [0.15, 0.2) is 72.8 Å². The maximum Gasteiger partial charge on any atom is 0.263 e. The highest BCUT2D eigenvalue weighted by molar-refractivity contribution is 6.42. The number of anilines is 1. The molecular weight excluding hydrogens is 493 g/mol. The maximum atomic E-state index is 14.8. The van der Waals surface area contributed by atoms with Gasteiger partial charge in [0.25, 0.3) is 5.91 Å². The molecule has 3 aliphatic carbocycles. The molecule has 2 unspecified atom stereocenters. The Balaban J connectivity index is 1.59. The van der Waals surface area contributed by atoms with Gasteiger partial charge in [-0.2, -0.15) is 5.10 Å². The Kier molecular flexibility index (Phi) is 4.43. The van der Waals surface area contributed by atoms with Crippen LogP contribution in [0.3, 0.4) is 0 Å². The van der Waals surface area contributed by atoms with E-state index in [1.165, 1.54) is 4.90 Å². The van der Waals surface area contributed by atoms with Gasteiger partial charge in [-0.1, -0.05) is 71.7 Å². The zero-order valence-electron chi connectivity index (χ0n) is 19.6. The highest BCUT2D eigenvalue weighted by Crippen LogP contribution is 2.66. The van der Waals surface area contributed by atoms with E-state index in [1.54, 1.807) is 18.2 Å². The quantitative estimate of drug-likeness (QED) is 0.309. The molecule has 2 amide bonds. The minimum atomic E-state index is -1.24. The standard InChI is InChI=1S/C29H21Cl2N3O2/c1-15-13-16(2)34(32-15)29-25-20-9-5-3-7-18(20)24(19-8-4-6-10-21(19)25)26(29)27(35)33(28(29)36)17-11-12-22(30)23(31)14-17/h3-14,24-26H,1-2H3. The molecule has 1 aromatic heterocycles. The molecule has 1 saturated heterocycles. The molecule has 2 atom stereocenters. The summed E-state index contributed by atoms with van der Waals surface area (Å²) in [6, 6.07) is 23.2. The largest absolute Gasteiger partial charge is 0.274 e. The fourth-order valence-corrected chi connectivity index (χ4v) is 7.23. The molecule has 4 aromatic rings. The molecule has 36 heavy (non-hydrogen) atoms. The highest BCUT2D eigenvalue weighted by atomic mass is 35.5. The van der Waals surface area contributed by atoms with Crippen LogP contribution in [0.2, 0.25) is 10.0 Å². The van der Waals surface area contributed by atoms with Gasteiger partial charge in [-0.3, -0.25) is 14.3 Å². The van der Waals surface area contributed by atoms with Crippen molar-refractivity contribution in [3.63, 3.8) is 0 Å². The number of imide groups is 1. The Bertz CT molecular complexity index is 1580. The molecule has 0 N–H and O–H groups in total. The zero-order valence-corrected chi connectivity index (χ0v) is 21.1. The molecular formula is C29H21Cl2N3O2. The number of rotatable bonds is 2. The second-order valence-electron chi connectivity index (χ2n) is 9.89. The predicted molar refractivity (Wildman–Crippen MR) is 139 cm³/mol. The van der Waals surface area contributed by atoms with Gasteiger partial charge >= 0.3 is 0 Å². The van der Waals surface area contributed by atoms with E-state index in [2.05, 4.69) is 24.3 Å². The average Bonchev–Trinajstić information content (AvgIpc) is 3.34. The van der Waals surface area contributed by atoms with Gasteiger partial charge in [-0.05, 0) is 60.4 Å². The maximum absolute atomic E-state index is 14.8. The molecule has 0 spiro atoms. The first-order valence-electron chi connectivity index (χ1n) is 11.9. The van der Waals surface area contributed by atoms with E-state index in [0.29, 0.717) is 15.7 Å². The first-order chi connectivity index (χ1) is 17.4. The van der Waals surface area contributed by atoms with Gasteiger partial charge in [-0.25, -0.2) is 4.90 Å². The number of carbonyl (C=O) groups is 2. The molecule has 2 bridgehead atoms. The lowest BCUT2D eigenvalue weighted by Crippen LogP contribution is -2.58. The average molecular weight is 514 g/mol. The number of amides is 2.